The number of anilines is 2. The Morgan fingerprint density at radius 1 is 1.06 bits per heavy atom. The highest BCUT2D eigenvalue weighted by atomic mass is 32.2. The summed E-state index contributed by atoms with van der Waals surface area (Å²) in [5, 5.41) is 4.92. The van der Waals surface area contributed by atoms with E-state index < -0.39 is 40.4 Å². The number of hydrogen-bond donors (Lipinski definition) is 3. The molecule has 0 bridgehead atoms. The Labute approximate surface area is 179 Å². The zero-order valence-corrected chi connectivity index (χ0v) is 17.9. The molecule has 9 nitrogen and oxygen atoms in total. The number of carbonyl (C=O) groups is 3. The maximum atomic E-state index is 13.3. The number of aryl methyl sites for hydroxylation is 1. The number of esters is 1. The Bertz CT molecular complexity index is 1090. The van der Waals surface area contributed by atoms with Crippen LogP contribution >= 0.6 is 0 Å². The molecule has 0 saturated carbocycles. The van der Waals surface area contributed by atoms with Crippen LogP contribution in [-0.2, 0) is 29.1 Å². The highest BCUT2D eigenvalue weighted by Crippen LogP contribution is 2.16. The van der Waals surface area contributed by atoms with Gasteiger partial charge in [0.2, 0.25) is 15.9 Å². The number of rotatable bonds is 8. The van der Waals surface area contributed by atoms with E-state index in [9.17, 15) is 27.2 Å². The molecule has 0 aliphatic rings. The average Bonchev–Trinajstić information content (AvgIpc) is 2.68. The van der Waals surface area contributed by atoms with Gasteiger partial charge in [-0.3, -0.25) is 14.4 Å². The van der Waals surface area contributed by atoms with E-state index in [0.717, 1.165) is 6.07 Å². The fourth-order valence-corrected chi connectivity index (χ4v) is 3.64. The first-order chi connectivity index (χ1) is 14.5. The van der Waals surface area contributed by atoms with Crippen LogP contribution in [0.25, 0.3) is 0 Å². The van der Waals surface area contributed by atoms with E-state index in [0.29, 0.717) is 11.3 Å². The number of benzene rings is 2. The van der Waals surface area contributed by atoms with Gasteiger partial charge in [-0.25, -0.2) is 12.8 Å². The zero-order valence-electron chi connectivity index (χ0n) is 17.1. The van der Waals surface area contributed by atoms with Crippen molar-refractivity contribution in [3.8, 4) is 0 Å². The van der Waals surface area contributed by atoms with Gasteiger partial charge in [0.25, 0.3) is 5.91 Å². The molecule has 2 rings (SSSR count). The van der Waals surface area contributed by atoms with Gasteiger partial charge < -0.3 is 15.4 Å². The Morgan fingerprint density at radius 3 is 2.32 bits per heavy atom. The first-order valence-electron chi connectivity index (χ1n) is 9.10. The number of halogens is 1. The van der Waals surface area contributed by atoms with Crippen LogP contribution in [0.5, 0.6) is 0 Å². The topological polar surface area (TPSA) is 131 Å². The van der Waals surface area contributed by atoms with Crippen molar-refractivity contribution in [1.29, 1.82) is 0 Å². The van der Waals surface area contributed by atoms with Gasteiger partial charge >= 0.3 is 5.97 Å². The van der Waals surface area contributed by atoms with Crippen LogP contribution in [0.2, 0.25) is 0 Å². The summed E-state index contributed by atoms with van der Waals surface area (Å²) in [6.45, 7) is 3.58. The summed E-state index contributed by atoms with van der Waals surface area (Å²) in [4.78, 5) is 34.9. The van der Waals surface area contributed by atoms with Crippen LogP contribution in [-0.4, -0.2) is 38.9 Å². The van der Waals surface area contributed by atoms with E-state index >= 15 is 0 Å². The molecule has 0 heterocycles. The molecule has 0 fully saturated rings. The van der Waals surface area contributed by atoms with Crippen LogP contribution in [0, 0.1) is 12.7 Å². The largest absolute Gasteiger partial charge is 0.454 e. The number of hydrogen-bond acceptors (Lipinski definition) is 6. The van der Waals surface area contributed by atoms with Crippen LogP contribution in [0.15, 0.2) is 47.4 Å². The second kappa shape index (κ2) is 10.1. The molecule has 2 aromatic rings. The van der Waals surface area contributed by atoms with Crippen molar-refractivity contribution in [1.82, 2.24) is 4.72 Å². The van der Waals surface area contributed by atoms with Gasteiger partial charge in [0.1, 0.15) is 11.9 Å². The lowest BCUT2D eigenvalue weighted by Crippen LogP contribution is -2.40. The first kappa shape index (κ1) is 24.0. The van der Waals surface area contributed by atoms with Crippen LogP contribution in [0.3, 0.4) is 0 Å². The molecule has 0 aliphatic heterocycles. The van der Waals surface area contributed by atoms with Crippen molar-refractivity contribution in [3.05, 3.63) is 53.8 Å². The molecule has 0 saturated heterocycles. The van der Waals surface area contributed by atoms with E-state index in [1.807, 2.05) is 0 Å². The minimum atomic E-state index is -4.05. The fraction of sp³-hybridized carbons (Fsp3) is 0.250. The Hall–Kier alpha value is -3.31. The highest BCUT2D eigenvalue weighted by molar-refractivity contribution is 7.89. The van der Waals surface area contributed by atoms with Crippen LogP contribution in [0.1, 0.15) is 19.4 Å². The van der Waals surface area contributed by atoms with Crippen LogP contribution in [0.4, 0.5) is 15.8 Å². The number of sulfonamides is 1. The predicted molar refractivity (Wildman–Crippen MR) is 111 cm³/mol. The molecular weight excluding hydrogens is 429 g/mol. The van der Waals surface area contributed by atoms with Crippen molar-refractivity contribution in [3.63, 3.8) is 0 Å². The normalized spacial score (nSPS) is 12.0. The smallest absolute Gasteiger partial charge is 0.324 e. The molecule has 3 N–H and O–H groups in total. The quantitative estimate of drug-likeness (QED) is 0.526. The van der Waals surface area contributed by atoms with E-state index in [-0.39, 0.29) is 16.5 Å². The van der Waals surface area contributed by atoms with Gasteiger partial charge in [-0.1, -0.05) is 6.07 Å². The third-order valence-electron chi connectivity index (χ3n) is 3.99. The summed E-state index contributed by atoms with van der Waals surface area (Å²) in [5.74, 6) is -2.51. The summed E-state index contributed by atoms with van der Waals surface area (Å²) >= 11 is 0. The summed E-state index contributed by atoms with van der Waals surface area (Å²) in [5.41, 5.74) is 1.27. The third-order valence-corrected chi connectivity index (χ3v) is 5.55. The minimum absolute atomic E-state index is 0.124. The van der Waals surface area contributed by atoms with Gasteiger partial charge in [-0.05, 0) is 55.8 Å². The summed E-state index contributed by atoms with van der Waals surface area (Å²) in [6.07, 6.45) is 0. The molecule has 0 radical (unpaired) electrons. The zero-order chi connectivity index (χ0) is 23.2. The Balaban J connectivity index is 1.91. The van der Waals surface area contributed by atoms with Gasteiger partial charge in [-0.15, -0.1) is 0 Å². The van der Waals surface area contributed by atoms with Crippen molar-refractivity contribution in [2.45, 2.75) is 31.7 Å². The second-order valence-corrected chi connectivity index (χ2v) is 8.38. The van der Waals surface area contributed by atoms with Gasteiger partial charge in [-0.2, -0.15) is 4.72 Å². The molecule has 0 aromatic heterocycles. The SMILES string of the molecule is CC(=O)Nc1ccc(S(=O)(=O)N[C@H](C)C(=O)OCC(=O)Nc2cc(F)ccc2C)cc1. The second-order valence-electron chi connectivity index (χ2n) is 6.66. The molecular formula is C20H22FN3O6S. The van der Waals surface area contributed by atoms with Crippen molar-refractivity contribution < 1.29 is 31.9 Å². The standard InChI is InChI=1S/C20H22FN3O6S/c1-12-4-5-15(21)10-18(12)23-19(26)11-30-20(27)13(2)24-31(28,29)17-8-6-16(7-9-17)22-14(3)25/h4-10,13,24H,11H2,1-3H3,(H,22,25)(H,23,26)/t13-/m1/s1. The van der Waals surface area contributed by atoms with E-state index in [4.69, 9.17) is 4.74 Å². The highest BCUT2D eigenvalue weighted by Gasteiger charge is 2.24. The lowest BCUT2D eigenvalue weighted by Gasteiger charge is -2.14. The van der Waals surface area contributed by atoms with E-state index in [1.165, 1.54) is 50.2 Å². The number of nitrogens with one attached hydrogen (secondary N) is 3. The molecule has 31 heavy (non-hydrogen) atoms. The molecule has 0 aliphatic carbocycles. The third kappa shape index (κ3) is 7.15. The van der Waals surface area contributed by atoms with E-state index in [2.05, 4.69) is 15.4 Å². The molecule has 166 valence electrons. The maximum absolute atomic E-state index is 13.3. The minimum Gasteiger partial charge on any atom is -0.454 e. The number of carbonyl (C=O) groups excluding carboxylic acids is 3. The van der Waals surface area contributed by atoms with Gasteiger partial charge in [0.05, 0.1) is 4.90 Å². The molecule has 2 aromatic carbocycles. The fourth-order valence-electron chi connectivity index (χ4n) is 2.45. The molecule has 1 atom stereocenters. The van der Waals surface area contributed by atoms with Gasteiger partial charge in [0, 0.05) is 18.3 Å². The summed E-state index contributed by atoms with van der Waals surface area (Å²) in [6, 6.07) is 7.91. The van der Waals surface area contributed by atoms with E-state index in [1.54, 1.807) is 6.92 Å². The molecule has 2 amide bonds. The molecule has 0 unspecified atom stereocenters. The number of amides is 2. The van der Waals surface area contributed by atoms with Crippen molar-refractivity contribution in [2.24, 2.45) is 0 Å². The number of ether oxygens (including phenoxy) is 1. The lowest BCUT2D eigenvalue weighted by molar-refractivity contribution is -0.148. The van der Waals surface area contributed by atoms with Crippen LogP contribution < -0.4 is 15.4 Å². The summed E-state index contributed by atoms with van der Waals surface area (Å²) < 4.78 is 45.1. The lowest BCUT2D eigenvalue weighted by atomic mass is 10.2. The monoisotopic (exact) mass is 451 g/mol. The van der Waals surface area contributed by atoms with Crippen molar-refractivity contribution in [2.75, 3.05) is 17.2 Å². The van der Waals surface area contributed by atoms with Gasteiger partial charge in [0.15, 0.2) is 6.61 Å². The Morgan fingerprint density at radius 2 is 1.71 bits per heavy atom. The summed E-state index contributed by atoms with van der Waals surface area (Å²) in [7, 11) is -4.05. The average molecular weight is 451 g/mol. The molecule has 11 heteroatoms. The predicted octanol–water partition coefficient (Wildman–Crippen LogP) is 1.94. The first-order valence-corrected chi connectivity index (χ1v) is 10.6. The van der Waals surface area contributed by atoms with Crippen molar-refractivity contribution >= 4 is 39.2 Å². The maximum Gasteiger partial charge on any atom is 0.324 e. The Kier molecular flexibility index (Phi) is 7.83. The molecule has 0 spiro atoms.